The second-order valence-corrected chi connectivity index (χ2v) is 0.246. The molecule has 0 aromatic rings. The van der Waals surface area contributed by atoms with E-state index in [4.69, 9.17) is 4.79 Å². The van der Waals surface area contributed by atoms with Gasteiger partial charge >= 0.3 is 0 Å². The van der Waals surface area contributed by atoms with E-state index < -0.39 is 0 Å². The number of carbonyl (C=O) groups excluding carboxylic acids is 1. The first-order chi connectivity index (χ1) is 1.91. The van der Waals surface area contributed by atoms with Crippen LogP contribution < -0.4 is 11.3 Å². The third-order valence-electron chi connectivity index (χ3n) is 0.0589. The van der Waals surface area contributed by atoms with Crippen LogP contribution in [0, 0.1) is 0 Å². The molecule has 0 aliphatic carbocycles. The maximum absolute atomic E-state index is 8.81. The predicted molar refractivity (Wildman–Crippen MR) is 13.0 cm³/mol. The van der Waals surface area contributed by atoms with Crippen LogP contribution in [0.25, 0.3) is 0 Å². The number of hydrogen-bond donors (Lipinski definition) is 2. The van der Waals surface area contributed by atoms with E-state index >= 15 is 0 Å². The molecule has 27 valence electrons. The largest absolute Gasteiger partial charge is 0.519 e. The monoisotopic (exact) mass is 148 g/mol. The summed E-state index contributed by atoms with van der Waals surface area (Å²) in [5.41, 5.74) is 1.62. The van der Waals surface area contributed by atoms with Crippen molar-refractivity contribution in [2.45, 2.75) is 0 Å². The molecule has 0 fully saturated rings. The van der Waals surface area contributed by atoms with Gasteiger partial charge in [0, 0.05) is 32.7 Å². The Hall–Kier alpha value is 0.534. The molecule has 1 amide bonds. The van der Waals surface area contributed by atoms with E-state index in [9.17, 15) is 0 Å². The molecule has 0 aliphatic rings. The van der Waals surface area contributed by atoms with Gasteiger partial charge in [0.1, 0.15) is 0 Å². The fourth-order valence-electron chi connectivity index (χ4n) is 0. The average molecular weight is 148 g/mol. The van der Waals surface area contributed by atoms with Gasteiger partial charge in [0.15, 0.2) is 0 Å². The average Bonchev–Trinajstić information content (AvgIpc) is 1.37. The van der Waals surface area contributed by atoms with Crippen LogP contribution in [0.3, 0.4) is 0 Å². The Morgan fingerprint density at radius 2 is 2.00 bits per heavy atom. The van der Waals surface area contributed by atoms with Gasteiger partial charge in [-0.1, -0.05) is 0 Å². The third kappa shape index (κ3) is 12.4. The Labute approximate surface area is 55.1 Å². The summed E-state index contributed by atoms with van der Waals surface area (Å²) < 4.78 is 0. The van der Waals surface area contributed by atoms with Crippen molar-refractivity contribution in [3.05, 3.63) is 0 Å². The van der Waals surface area contributed by atoms with Gasteiger partial charge in [-0.3, -0.25) is 5.84 Å². The fraction of sp³-hybridized carbons (Fsp3) is 0. The van der Waals surface area contributed by atoms with Gasteiger partial charge in [-0.15, -0.1) is 0 Å². The Morgan fingerprint density at radius 1 is 1.80 bits per heavy atom. The van der Waals surface area contributed by atoms with E-state index in [0.29, 0.717) is 0 Å². The van der Waals surface area contributed by atoms with Crippen molar-refractivity contribution in [2.24, 2.45) is 5.84 Å². The molecule has 0 aromatic carbocycles. The van der Waals surface area contributed by atoms with Crippen LogP contribution in [0.5, 0.6) is 0 Å². The van der Waals surface area contributed by atoms with E-state index in [1.807, 2.05) is 0 Å². The topological polar surface area (TPSA) is 55.1 Å². The molecule has 5 heavy (non-hydrogen) atoms. The molecule has 0 bridgehead atoms. The molecular weight excluding hydrogens is 145 g/mol. The number of nitrogens with one attached hydrogen (secondary N) is 1. The van der Waals surface area contributed by atoms with Crippen LogP contribution in [0.1, 0.15) is 0 Å². The summed E-state index contributed by atoms with van der Waals surface area (Å²) in [6.45, 7) is 0. The van der Waals surface area contributed by atoms with Crippen molar-refractivity contribution in [1.29, 1.82) is 0 Å². The summed E-state index contributed by atoms with van der Waals surface area (Å²) in [7, 11) is 0. The first-order valence-electron chi connectivity index (χ1n) is 0.743. The second kappa shape index (κ2) is 8.82. The summed E-state index contributed by atoms with van der Waals surface area (Å²) in [6.07, 6.45) is 1.21. The molecule has 3 N–H and O–H groups in total. The third-order valence-corrected chi connectivity index (χ3v) is 0.0589. The van der Waals surface area contributed by atoms with Gasteiger partial charge in [0.2, 0.25) is 0 Å². The Bertz CT molecular complexity index is 23.6. The van der Waals surface area contributed by atoms with Gasteiger partial charge in [-0.05, 0) is 0 Å². The van der Waals surface area contributed by atoms with E-state index in [2.05, 4.69) is 5.84 Å². The zero-order valence-corrected chi connectivity index (χ0v) is 5.40. The maximum Gasteiger partial charge on any atom is 0 e. The first-order valence-corrected chi connectivity index (χ1v) is 0.743. The van der Waals surface area contributed by atoms with Crippen molar-refractivity contribution < 1.29 is 37.5 Å². The molecular formula is CH3N2OY-. The Kier molecular flexibility index (Phi) is 16.1. The van der Waals surface area contributed by atoms with E-state index in [0.717, 1.165) is 0 Å². The number of hydrogen-bond acceptors (Lipinski definition) is 2. The number of amides is 1. The van der Waals surface area contributed by atoms with Gasteiger partial charge < -0.3 is 10.2 Å². The van der Waals surface area contributed by atoms with Gasteiger partial charge in [0.05, 0.1) is 0 Å². The minimum absolute atomic E-state index is 0. The Morgan fingerprint density at radius 3 is 2.00 bits per heavy atom. The van der Waals surface area contributed by atoms with E-state index in [1.54, 1.807) is 5.43 Å². The standard InChI is InChI=1S/CH3N2O.Y/c2-3-1-4;/h2H2,(H,3,4);/q-1;. The molecule has 0 heterocycles. The van der Waals surface area contributed by atoms with Crippen LogP contribution >= 0.6 is 0 Å². The van der Waals surface area contributed by atoms with Crippen LogP contribution in [-0.2, 0) is 37.5 Å². The van der Waals surface area contributed by atoms with Crippen LogP contribution in [0.15, 0.2) is 0 Å². The van der Waals surface area contributed by atoms with Gasteiger partial charge in [-0.25, -0.2) is 0 Å². The van der Waals surface area contributed by atoms with Gasteiger partial charge in [-0.2, -0.15) is 6.41 Å². The van der Waals surface area contributed by atoms with Crippen molar-refractivity contribution >= 4 is 6.41 Å². The Balaban J connectivity index is 0. The molecule has 0 aromatic heterocycles. The first kappa shape index (κ1) is 9.11. The van der Waals surface area contributed by atoms with Crippen LogP contribution in [0.4, 0.5) is 0 Å². The SMILES string of the molecule is NN[C-]=O.[Y]. The maximum atomic E-state index is 8.81. The molecule has 0 aliphatic heterocycles. The quantitative estimate of drug-likeness (QED) is 0.156. The van der Waals surface area contributed by atoms with Crippen molar-refractivity contribution in [3.8, 4) is 0 Å². The van der Waals surface area contributed by atoms with Gasteiger partial charge in [0.25, 0.3) is 0 Å². The summed E-state index contributed by atoms with van der Waals surface area (Å²) in [5, 5.41) is 0. The predicted octanol–water partition coefficient (Wildman–Crippen LogP) is -1.49. The minimum atomic E-state index is 0. The normalized spacial score (nSPS) is 4.20. The van der Waals surface area contributed by atoms with Crippen LogP contribution in [-0.4, -0.2) is 6.41 Å². The van der Waals surface area contributed by atoms with Crippen molar-refractivity contribution in [1.82, 2.24) is 5.43 Å². The molecule has 0 unspecified atom stereocenters. The van der Waals surface area contributed by atoms with E-state index in [1.165, 1.54) is 6.41 Å². The minimum Gasteiger partial charge on any atom is -0.519 e. The smallest absolute Gasteiger partial charge is 0 e. The zero-order valence-electron chi connectivity index (χ0n) is 2.56. The second-order valence-electron chi connectivity index (χ2n) is 0.246. The molecule has 0 spiro atoms. The summed E-state index contributed by atoms with van der Waals surface area (Å²) in [6, 6.07) is 0. The van der Waals surface area contributed by atoms with Crippen LogP contribution in [0.2, 0.25) is 0 Å². The number of nitrogens with two attached hydrogens (primary N) is 1. The van der Waals surface area contributed by atoms with Crippen molar-refractivity contribution in [2.75, 3.05) is 0 Å². The number of hydrazine groups is 1. The van der Waals surface area contributed by atoms with E-state index in [-0.39, 0.29) is 32.7 Å². The van der Waals surface area contributed by atoms with Crippen molar-refractivity contribution in [3.63, 3.8) is 0 Å². The molecule has 0 atom stereocenters. The fourth-order valence-corrected chi connectivity index (χ4v) is 0. The molecule has 4 heteroatoms. The number of rotatable bonds is 1. The molecule has 0 saturated heterocycles. The zero-order chi connectivity index (χ0) is 3.41. The summed E-state index contributed by atoms with van der Waals surface area (Å²) in [4.78, 5) is 8.81. The molecule has 0 rings (SSSR count). The summed E-state index contributed by atoms with van der Waals surface area (Å²) in [5.74, 6) is 4.35. The molecule has 3 nitrogen and oxygen atoms in total. The molecule has 1 radical (unpaired) electrons. The molecule has 0 saturated carbocycles. The summed E-state index contributed by atoms with van der Waals surface area (Å²) >= 11 is 0.